The molecule has 0 unspecified atom stereocenters. The molecule has 0 bridgehead atoms. The fourth-order valence-electron chi connectivity index (χ4n) is 3.49. The van der Waals surface area contributed by atoms with Crippen molar-refractivity contribution in [3.63, 3.8) is 0 Å². The molecule has 0 aliphatic heterocycles. The Bertz CT molecular complexity index is 1510. The molecule has 39 heavy (non-hydrogen) atoms. The maximum Gasteiger partial charge on any atom is 0.272 e. The van der Waals surface area contributed by atoms with Gasteiger partial charge in [-0.2, -0.15) is 0 Å². The Kier molecular flexibility index (Phi) is 9.50. The number of aromatic nitrogens is 1. The Morgan fingerprint density at radius 2 is 1.67 bits per heavy atom. The number of halogens is 1. The molecule has 0 atom stereocenters. The van der Waals surface area contributed by atoms with Crippen LogP contribution in [0.15, 0.2) is 108 Å². The molecule has 3 N–H and O–H groups in total. The quantitative estimate of drug-likeness (QED) is 0.169. The molecule has 0 fully saturated rings. The Balaban J connectivity index is 1.45. The summed E-state index contributed by atoms with van der Waals surface area (Å²) in [5, 5.41) is 8.80. The van der Waals surface area contributed by atoms with Crippen molar-refractivity contribution in [1.82, 2.24) is 10.3 Å². The van der Waals surface area contributed by atoms with Gasteiger partial charge in [-0.25, -0.2) is 4.98 Å². The largest absolute Gasteiger partial charge is 0.321 e. The molecule has 4 rings (SSSR count). The molecule has 1 aromatic heterocycles. The summed E-state index contributed by atoms with van der Waals surface area (Å²) in [5.74, 6) is -0.534. The zero-order valence-electron chi connectivity index (χ0n) is 21.0. The average molecular weight is 557 g/mol. The Labute approximate surface area is 235 Å². The molecule has 0 saturated carbocycles. The van der Waals surface area contributed by atoms with Crippen LogP contribution in [0.1, 0.15) is 21.5 Å². The first kappa shape index (κ1) is 27.6. The highest BCUT2D eigenvalue weighted by Crippen LogP contribution is 2.23. The number of aryl methyl sites for hydroxylation is 1. The number of anilines is 2. The van der Waals surface area contributed by atoms with Crippen LogP contribution in [-0.2, 0) is 9.59 Å². The minimum absolute atomic E-state index is 0.103. The third-order valence-corrected chi connectivity index (χ3v) is 6.69. The number of pyridine rings is 1. The molecule has 9 heteroatoms. The van der Waals surface area contributed by atoms with E-state index in [1.165, 1.54) is 18.0 Å². The smallest absolute Gasteiger partial charge is 0.272 e. The van der Waals surface area contributed by atoms with E-state index in [-0.39, 0.29) is 17.4 Å². The summed E-state index contributed by atoms with van der Waals surface area (Å²) in [6.45, 7) is 1.93. The van der Waals surface area contributed by atoms with Crippen LogP contribution in [0.4, 0.5) is 11.5 Å². The number of amides is 3. The first-order chi connectivity index (χ1) is 18.9. The zero-order chi connectivity index (χ0) is 27.6. The van der Waals surface area contributed by atoms with Gasteiger partial charge in [-0.1, -0.05) is 60.1 Å². The van der Waals surface area contributed by atoms with Crippen molar-refractivity contribution in [2.45, 2.75) is 11.8 Å². The molecule has 196 valence electrons. The van der Waals surface area contributed by atoms with Crippen molar-refractivity contribution < 1.29 is 14.4 Å². The predicted octanol–water partition coefficient (Wildman–Crippen LogP) is 6.18. The van der Waals surface area contributed by atoms with Crippen LogP contribution in [0.2, 0.25) is 5.02 Å². The fourth-order valence-corrected chi connectivity index (χ4v) is 4.35. The van der Waals surface area contributed by atoms with Gasteiger partial charge in [-0.3, -0.25) is 14.4 Å². The van der Waals surface area contributed by atoms with E-state index in [0.717, 1.165) is 16.0 Å². The molecule has 7 nitrogen and oxygen atoms in total. The first-order valence-electron chi connectivity index (χ1n) is 12.0. The molecule has 1 heterocycles. The maximum atomic E-state index is 13.3. The summed E-state index contributed by atoms with van der Waals surface area (Å²) >= 11 is 7.14. The lowest BCUT2D eigenvalue weighted by Crippen LogP contribution is -2.30. The third-order valence-electron chi connectivity index (χ3n) is 5.47. The normalized spacial score (nSPS) is 11.0. The van der Waals surface area contributed by atoms with Crippen LogP contribution in [0, 0.1) is 6.92 Å². The SMILES string of the molecule is Cc1ccccc1/C=C(\NC(=O)c1ccccc1)C(=O)Nc1cccc(SCC(=O)Nc2ccc(Cl)cn2)c1. The molecule has 4 aromatic rings. The lowest BCUT2D eigenvalue weighted by molar-refractivity contribution is -0.114. The number of benzene rings is 3. The molecular formula is C30H25ClN4O3S. The summed E-state index contributed by atoms with van der Waals surface area (Å²) < 4.78 is 0. The van der Waals surface area contributed by atoms with E-state index in [1.54, 1.807) is 60.7 Å². The van der Waals surface area contributed by atoms with Crippen LogP contribution in [0.25, 0.3) is 6.08 Å². The van der Waals surface area contributed by atoms with Crippen LogP contribution in [0.3, 0.4) is 0 Å². The maximum absolute atomic E-state index is 13.3. The van der Waals surface area contributed by atoms with Gasteiger partial charge in [-0.05, 0) is 66.6 Å². The molecular weight excluding hydrogens is 532 g/mol. The molecule has 3 amide bonds. The number of hydrogen-bond acceptors (Lipinski definition) is 5. The van der Waals surface area contributed by atoms with Crippen LogP contribution < -0.4 is 16.0 Å². The molecule has 0 aliphatic rings. The Morgan fingerprint density at radius 3 is 2.41 bits per heavy atom. The van der Waals surface area contributed by atoms with Crippen molar-refractivity contribution in [1.29, 1.82) is 0 Å². The number of rotatable bonds is 9. The van der Waals surface area contributed by atoms with E-state index >= 15 is 0 Å². The minimum Gasteiger partial charge on any atom is -0.321 e. The van der Waals surface area contributed by atoms with Crippen LogP contribution >= 0.6 is 23.4 Å². The van der Waals surface area contributed by atoms with Crippen molar-refractivity contribution >= 4 is 58.7 Å². The van der Waals surface area contributed by atoms with Gasteiger partial charge < -0.3 is 16.0 Å². The summed E-state index contributed by atoms with van der Waals surface area (Å²) in [5.41, 5.74) is 2.83. The average Bonchev–Trinajstić information content (AvgIpc) is 2.94. The predicted molar refractivity (Wildman–Crippen MR) is 157 cm³/mol. The van der Waals surface area contributed by atoms with Crippen LogP contribution in [0.5, 0.6) is 0 Å². The van der Waals surface area contributed by atoms with E-state index in [4.69, 9.17) is 11.6 Å². The zero-order valence-corrected chi connectivity index (χ0v) is 22.6. The number of hydrogen-bond donors (Lipinski definition) is 3. The molecule has 0 radical (unpaired) electrons. The van der Waals surface area contributed by atoms with Crippen molar-refractivity contribution in [3.8, 4) is 0 Å². The highest BCUT2D eigenvalue weighted by Gasteiger charge is 2.16. The van der Waals surface area contributed by atoms with E-state index in [2.05, 4.69) is 20.9 Å². The summed E-state index contributed by atoms with van der Waals surface area (Å²) in [4.78, 5) is 43.3. The van der Waals surface area contributed by atoms with Gasteiger partial charge in [0, 0.05) is 22.3 Å². The van der Waals surface area contributed by atoms with Gasteiger partial charge >= 0.3 is 0 Å². The monoisotopic (exact) mass is 556 g/mol. The molecule has 3 aromatic carbocycles. The van der Waals surface area contributed by atoms with E-state index in [0.29, 0.717) is 22.1 Å². The number of nitrogens with zero attached hydrogens (tertiary/aromatic N) is 1. The number of carbonyl (C=O) groups excluding carboxylic acids is 3. The Morgan fingerprint density at radius 1 is 0.897 bits per heavy atom. The highest BCUT2D eigenvalue weighted by atomic mass is 35.5. The van der Waals surface area contributed by atoms with Crippen molar-refractivity contribution in [3.05, 3.63) is 125 Å². The second-order valence-electron chi connectivity index (χ2n) is 8.42. The summed E-state index contributed by atoms with van der Waals surface area (Å²) in [7, 11) is 0. The number of thioether (sulfide) groups is 1. The van der Waals surface area contributed by atoms with Crippen molar-refractivity contribution in [2.75, 3.05) is 16.4 Å². The summed E-state index contributed by atoms with van der Waals surface area (Å²) in [6, 6.07) is 26.7. The summed E-state index contributed by atoms with van der Waals surface area (Å²) in [6.07, 6.45) is 3.11. The first-order valence-corrected chi connectivity index (χ1v) is 13.3. The van der Waals surface area contributed by atoms with Gasteiger partial charge in [0.05, 0.1) is 10.8 Å². The van der Waals surface area contributed by atoms with Crippen molar-refractivity contribution in [2.24, 2.45) is 0 Å². The highest BCUT2D eigenvalue weighted by molar-refractivity contribution is 8.00. The van der Waals surface area contributed by atoms with Gasteiger partial charge in [0.2, 0.25) is 5.91 Å². The fraction of sp³-hybridized carbons (Fsp3) is 0.0667. The van der Waals surface area contributed by atoms with Gasteiger partial charge in [0.1, 0.15) is 11.5 Å². The van der Waals surface area contributed by atoms with E-state index in [1.807, 2.05) is 43.3 Å². The lowest BCUT2D eigenvalue weighted by Gasteiger charge is -2.13. The molecule has 0 spiro atoms. The Hall–Kier alpha value is -4.40. The molecule has 0 aliphatic carbocycles. The van der Waals surface area contributed by atoms with Gasteiger partial charge in [0.15, 0.2) is 0 Å². The number of nitrogens with one attached hydrogen (secondary N) is 3. The minimum atomic E-state index is -0.476. The molecule has 0 saturated heterocycles. The second kappa shape index (κ2) is 13.4. The third kappa shape index (κ3) is 8.29. The van der Waals surface area contributed by atoms with Gasteiger partial charge in [0.25, 0.3) is 11.8 Å². The standard InChI is InChI=1S/C30H25ClN4O3S/c1-20-8-5-6-11-22(20)16-26(34-29(37)21-9-3-2-4-10-21)30(38)33-24-12-7-13-25(17-24)39-19-28(36)35-27-15-14-23(31)18-32-27/h2-18H,19H2,1H3,(H,33,38)(H,34,37)(H,32,35,36)/b26-16-. The van der Waals surface area contributed by atoms with Crippen LogP contribution in [-0.4, -0.2) is 28.5 Å². The lowest BCUT2D eigenvalue weighted by atomic mass is 10.1. The topological polar surface area (TPSA) is 100 Å². The van der Waals surface area contributed by atoms with E-state index in [9.17, 15) is 14.4 Å². The van der Waals surface area contributed by atoms with E-state index < -0.39 is 11.8 Å². The second-order valence-corrected chi connectivity index (χ2v) is 9.90. The van der Waals surface area contributed by atoms with Gasteiger partial charge in [-0.15, -0.1) is 11.8 Å². The number of carbonyl (C=O) groups is 3.